The molecule has 42 heavy (non-hydrogen) atoms. The zero-order valence-corrected chi connectivity index (χ0v) is 26.3. The number of sulfonamides is 1. The molecule has 1 unspecified atom stereocenters. The number of amides is 2. The van der Waals surface area contributed by atoms with Gasteiger partial charge in [0.1, 0.15) is 18.4 Å². The van der Waals surface area contributed by atoms with Gasteiger partial charge in [0.2, 0.25) is 21.8 Å². The minimum Gasteiger partial charge on any atom is -0.350 e. The van der Waals surface area contributed by atoms with Gasteiger partial charge in [-0.3, -0.25) is 13.9 Å². The maximum atomic E-state index is 14.9. The molecule has 0 heterocycles. The lowest BCUT2D eigenvalue weighted by Crippen LogP contribution is -2.56. The van der Waals surface area contributed by atoms with E-state index in [2.05, 4.69) is 26.1 Å². The van der Waals surface area contributed by atoms with E-state index in [1.165, 1.54) is 11.0 Å². The molecule has 0 saturated carbocycles. The highest BCUT2D eigenvalue weighted by Crippen LogP contribution is 2.26. The SMILES string of the molecule is CC(C)(C)NC(=O)C(Cc1ccccc1)N(Cc1ccccc1F)C(=O)CN(c1ccc(C(C)(C)C)cc1)S(C)(=O)=O. The predicted molar refractivity (Wildman–Crippen MR) is 166 cm³/mol. The van der Waals surface area contributed by atoms with Crippen molar-refractivity contribution in [1.82, 2.24) is 10.2 Å². The van der Waals surface area contributed by atoms with Gasteiger partial charge in [0.25, 0.3) is 0 Å². The van der Waals surface area contributed by atoms with E-state index in [1.54, 1.807) is 30.3 Å². The van der Waals surface area contributed by atoms with Crippen molar-refractivity contribution in [2.75, 3.05) is 17.1 Å². The zero-order valence-electron chi connectivity index (χ0n) is 25.5. The second kappa shape index (κ2) is 13.1. The van der Waals surface area contributed by atoms with Crippen LogP contribution in [0.15, 0.2) is 78.9 Å². The number of anilines is 1. The number of hydrogen-bond acceptors (Lipinski definition) is 4. The molecule has 0 aliphatic rings. The lowest BCUT2D eigenvalue weighted by atomic mass is 9.87. The summed E-state index contributed by atoms with van der Waals surface area (Å²) in [5.74, 6) is -1.58. The highest BCUT2D eigenvalue weighted by atomic mass is 32.2. The molecule has 0 fully saturated rings. The monoisotopic (exact) mass is 595 g/mol. The third kappa shape index (κ3) is 9.14. The summed E-state index contributed by atoms with van der Waals surface area (Å²) >= 11 is 0. The molecule has 7 nitrogen and oxygen atoms in total. The summed E-state index contributed by atoms with van der Waals surface area (Å²) in [4.78, 5) is 29.2. The van der Waals surface area contributed by atoms with Crippen LogP contribution in [0.5, 0.6) is 0 Å². The molecule has 0 aliphatic carbocycles. The van der Waals surface area contributed by atoms with Gasteiger partial charge in [-0.15, -0.1) is 0 Å². The van der Waals surface area contributed by atoms with E-state index in [4.69, 9.17) is 0 Å². The summed E-state index contributed by atoms with van der Waals surface area (Å²) < 4.78 is 41.9. The number of hydrogen-bond donors (Lipinski definition) is 1. The van der Waals surface area contributed by atoms with Gasteiger partial charge < -0.3 is 10.2 Å². The van der Waals surface area contributed by atoms with Crippen molar-refractivity contribution in [2.24, 2.45) is 0 Å². The zero-order chi connectivity index (χ0) is 31.3. The van der Waals surface area contributed by atoms with Gasteiger partial charge in [0.15, 0.2) is 0 Å². The van der Waals surface area contributed by atoms with Crippen LogP contribution in [0.1, 0.15) is 58.2 Å². The Labute approximate surface area is 249 Å². The summed E-state index contributed by atoms with van der Waals surface area (Å²) in [5.41, 5.74) is 1.60. The number of carbonyl (C=O) groups excluding carboxylic acids is 2. The van der Waals surface area contributed by atoms with Gasteiger partial charge in [0.05, 0.1) is 11.9 Å². The first-order chi connectivity index (χ1) is 19.5. The third-order valence-corrected chi connectivity index (χ3v) is 7.91. The minimum absolute atomic E-state index is 0.147. The Morgan fingerprint density at radius 3 is 1.95 bits per heavy atom. The molecule has 2 amide bonds. The molecule has 3 aromatic rings. The fraction of sp³-hybridized carbons (Fsp3) is 0.394. The van der Waals surface area contributed by atoms with E-state index >= 15 is 0 Å². The van der Waals surface area contributed by atoms with Gasteiger partial charge in [-0.2, -0.15) is 0 Å². The van der Waals surface area contributed by atoms with Gasteiger partial charge in [0, 0.05) is 24.1 Å². The molecule has 226 valence electrons. The van der Waals surface area contributed by atoms with Gasteiger partial charge in [-0.25, -0.2) is 12.8 Å². The Kier molecular flexibility index (Phi) is 10.2. The third-order valence-electron chi connectivity index (χ3n) is 6.77. The van der Waals surface area contributed by atoms with E-state index < -0.39 is 45.8 Å². The van der Waals surface area contributed by atoms with Crippen molar-refractivity contribution in [2.45, 2.75) is 71.5 Å². The van der Waals surface area contributed by atoms with Crippen LogP contribution >= 0.6 is 0 Å². The number of nitrogens with zero attached hydrogens (tertiary/aromatic N) is 2. The normalized spacial score (nSPS) is 12.9. The Hall–Kier alpha value is -3.72. The Morgan fingerprint density at radius 1 is 0.857 bits per heavy atom. The predicted octanol–water partition coefficient (Wildman–Crippen LogP) is 5.44. The van der Waals surface area contributed by atoms with Crippen LogP contribution in [0.25, 0.3) is 0 Å². The average Bonchev–Trinajstić information content (AvgIpc) is 2.88. The summed E-state index contributed by atoms with van der Waals surface area (Å²) in [7, 11) is -3.90. The molecular formula is C33H42FN3O4S. The second-order valence-corrected chi connectivity index (χ2v) is 14.5. The molecule has 0 aromatic heterocycles. The van der Waals surface area contributed by atoms with Crippen LogP contribution in [0, 0.1) is 5.82 Å². The van der Waals surface area contributed by atoms with Crippen LogP contribution in [-0.2, 0) is 38.0 Å². The highest BCUT2D eigenvalue weighted by Gasteiger charge is 2.34. The lowest BCUT2D eigenvalue weighted by Gasteiger charge is -2.35. The Morgan fingerprint density at radius 2 is 1.43 bits per heavy atom. The smallest absolute Gasteiger partial charge is 0.244 e. The van der Waals surface area contributed by atoms with Gasteiger partial charge in [-0.1, -0.05) is 81.4 Å². The molecule has 1 atom stereocenters. The summed E-state index contributed by atoms with van der Waals surface area (Å²) in [6, 6.07) is 21.2. The first-order valence-electron chi connectivity index (χ1n) is 13.9. The molecule has 0 bridgehead atoms. The topological polar surface area (TPSA) is 86.8 Å². The maximum Gasteiger partial charge on any atom is 0.244 e. The molecule has 3 aromatic carbocycles. The van der Waals surface area contributed by atoms with Gasteiger partial charge in [-0.05, 0) is 55.5 Å². The molecule has 0 aliphatic heterocycles. The molecule has 0 saturated heterocycles. The van der Waals surface area contributed by atoms with Crippen molar-refractivity contribution in [3.05, 3.63) is 101 Å². The average molecular weight is 596 g/mol. The lowest BCUT2D eigenvalue weighted by molar-refractivity contribution is -0.140. The van der Waals surface area contributed by atoms with E-state index in [9.17, 15) is 22.4 Å². The molecule has 0 spiro atoms. The molecular weight excluding hydrogens is 553 g/mol. The summed E-state index contributed by atoms with van der Waals surface area (Å²) in [6.07, 6.45) is 1.19. The fourth-order valence-electron chi connectivity index (χ4n) is 4.56. The quantitative estimate of drug-likeness (QED) is 0.338. The fourth-order valence-corrected chi connectivity index (χ4v) is 5.41. The van der Waals surface area contributed by atoms with Gasteiger partial charge >= 0.3 is 0 Å². The van der Waals surface area contributed by atoms with E-state index in [0.717, 1.165) is 21.7 Å². The minimum atomic E-state index is -3.90. The van der Waals surface area contributed by atoms with Crippen molar-refractivity contribution < 1.29 is 22.4 Å². The summed E-state index contributed by atoms with van der Waals surface area (Å²) in [6.45, 7) is 10.9. The van der Waals surface area contributed by atoms with Crippen molar-refractivity contribution in [3.8, 4) is 0 Å². The Balaban J connectivity index is 2.08. The van der Waals surface area contributed by atoms with E-state index in [1.807, 2.05) is 63.2 Å². The Bertz CT molecular complexity index is 1480. The molecule has 3 rings (SSSR count). The second-order valence-electron chi connectivity index (χ2n) is 12.6. The molecule has 1 N–H and O–H groups in total. The number of rotatable bonds is 10. The van der Waals surface area contributed by atoms with Crippen LogP contribution in [-0.4, -0.2) is 49.5 Å². The van der Waals surface area contributed by atoms with E-state index in [0.29, 0.717) is 5.69 Å². The van der Waals surface area contributed by atoms with Crippen LogP contribution in [0.4, 0.5) is 10.1 Å². The highest BCUT2D eigenvalue weighted by molar-refractivity contribution is 7.92. The summed E-state index contributed by atoms with van der Waals surface area (Å²) in [5, 5.41) is 2.95. The standard InChI is InChI=1S/C33H42FN3O4S/c1-32(2,3)26-17-19-27(20-18-26)37(42(7,40)41)23-30(38)36(22-25-15-11-12-16-28(25)34)29(31(39)35-33(4,5)6)21-24-13-9-8-10-14-24/h8-20,29H,21-23H2,1-7H3,(H,35,39). The van der Waals surface area contributed by atoms with Crippen LogP contribution in [0.3, 0.4) is 0 Å². The van der Waals surface area contributed by atoms with Crippen LogP contribution in [0.2, 0.25) is 0 Å². The van der Waals surface area contributed by atoms with E-state index in [-0.39, 0.29) is 23.9 Å². The number of benzene rings is 3. The van der Waals surface area contributed by atoms with Crippen molar-refractivity contribution >= 4 is 27.5 Å². The maximum absolute atomic E-state index is 14.9. The molecule has 0 radical (unpaired) electrons. The van der Waals surface area contributed by atoms with Crippen molar-refractivity contribution in [1.29, 1.82) is 0 Å². The number of carbonyl (C=O) groups is 2. The largest absolute Gasteiger partial charge is 0.350 e. The number of nitrogens with one attached hydrogen (secondary N) is 1. The molecule has 9 heteroatoms. The van der Waals surface area contributed by atoms with Crippen molar-refractivity contribution in [3.63, 3.8) is 0 Å². The van der Waals surface area contributed by atoms with Crippen LogP contribution < -0.4 is 9.62 Å². The number of halogens is 1. The first kappa shape index (κ1) is 32.8. The first-order valence-corrected chi connectivity index (χ1v) is 15.8.